The minimum absolute atomic E-state index is 0.305. The number of nitrogens with zero attached hydrogens (tertiary/aromatic N) is 7. The van der Waals surface area contributed by atoms with Gasteiger partial charge in [0, 0.05) is 17.2 Å². The second-order valence-corrected chi connectivity index (χ2v) is 8.99. The molecule has 0 unspecified atom stereocenters. The predicted molar refractivity (Wildman–Crippen MR) is 135 cm³/mol. The Morgan fingerprint density at radius 2 is 1.80 bits per heavy atom. The number of nitrogen functional groups attached to an aromatic ring is 1. The third kappa shape index (κ3) is 5.20. The topological polar surface area (TPSA) is 110 Å². The highest BCUT2D eigenvalue weighted by Gasteiger charge is 2.19. The van der Waals surface area contributed by atoms with E-state index in [1.807, 2.05) is 30.5 Å². The molecule has 1 aliphatic heterocycles. The summed E-state index contributed by atoms with van der Waals surface area (Å²) in [5.41, 5.74) is 11.8. The van der Waals surface area contributed by atoms with Gasteiger partial charge in [-0.1, -0.05) is 29.8 Å². The molecule has 8 nitrogen and oxygen atoms in total. The zero-order valence-corrected chi connectivity index (χ0v) is 19.8. The van der Waals surface area contributed by atoms with Crippen LogP contribution in [0.5, 0.6) is 0 Å². The molecule has 1 saturated heterocycles. The van der Waals surface area contributed by atoms with Gasteiger partial charge in [0.1, 0.15) is 11.5 Å². The minimum Gasteiger partial charge on any atom is -0.384 e. The molecule has 1 fully saturated rings. The number of hydrogen-bond acceptors (Lipinski definition) is 7. The first-order chi connectivity index (χ1) is 17.1. The molecule has 0 aliphatic carbocycles. The number of piperidine rings is 1. The van der Waals surface area contributed by atoms with E-state index in [9.17, 15) is 5.26 Å². The van der Waals surface area contributed by atoms with Crippen molar-refractivity contribution in [3.05, 3.63) is 77.7 Å². The van der Waals surface area contributed by atoms with Crippen molar-refractivity contribution in [2.24, 2.45) is 0 Å². The van der Waals surface area contributed by atoms with E-state index in [4.69, 9.17) is 10.7 Å². The Bertz CT molecular complexity index is 1360. The fraction of sp³-hybridized carbons (Fsp3) is 0.296. The van der Waals surface area contributed by atoms with E-state index in [2.05, 4.69) is 45.3 Å². The number of nitriles is 1. The summed E-state index contributed by atoms with van der Waals surface area (Å²) in [5.74, 6) is 0.385. The lowest BCUT2D eigenvalue weighted by Crippen LogP contribution is -2.32. The molecule has 4 aromatic rings. The Balaban J connectivity index is 1.35. The van der Waals surface area contributed by atoms with Crippen LogP contribution in [0.25, 0.3) is 22.5 Å². The van der Waals surface area contributed by atoms with Crippen LogP contribution in [0.15, 0.2) is 60.8 Å². The minimum atomic E-state index is 0.305. The molecular formula is C27H28N8. The van der Waals surface area contributed by atoms with E-state index >= 15 is 0 Å². The third-order valence-corrected chi connectivity index (χ3v) is 6.49. The van der Waals surface area contributed by atoms with Gasteiger partial charge in [-0.2, -0.15) is 5.26 Å². The van der Waals surface area contributed by atoms with Gasteiger partial charge < -0.3 is 5.73 Å². The Hall–Kier alpha value is -4.09. The van der Waals surface area contributed by atoms with E-state index in [-0.39, 0.29) is 0 Å². The second kappa shape index (κ2) is 10.0. The van der Waals surface area contributed by atoms with E-state index in [1.54, 1.807) is 22.9 Å². The van der Waals surface area contributed by atoms with Crippen LogP contribution in [-0.4, -0.2) is 43.0 Å². The van der Waals surface area contributed by atoms with E-state index in [0.29, 0.717) is 35.4 Å². The van der Waals surface area contributed by atoms with Gasteiger partial charge in [0.05, 0.1) is 41.5 Å². The maximum Gasteiger partial charge on any atom is 0.124 e. The predicted octanol–water partition coefficient (Wildman–Crippen LogP) is 4.45. The molecule has 0 bridgehead atoms. The normalized spacial score (nSPS) is 15.0. The lowest BCUT2D eigenvalue weighted by Gasteiger charge is -2.32. The zero-order valence-electron chi connectivity index (χ0n) is 19.8. The first kappa shape index (κ1) is 22.7. The van der Waals surface area contributed by atoms with Gasteiger partial charge in [-0.15, -0.1) is 5.10 Å². The summed E-state index contributed by atoms with van der Waals surface area (Å²) >= 11 is 0. The largest absolute Gasteiger partial charge is 0.384 e. The molecular weight excluding hydrogens is 436 g/mol. The summed E-state index contributed by atoms with van der Waals surface area (Å²) in [6.07, 6.45) is 5.74. The molecule has 2 N–H and O–H groups in total. The van der Waals surface area contributed by atoms with Gasteiger partial charge in [-0.3, -0.25) is 9.88 Å². The Labute approximate surface area is 205 Å². The van der Waals surface area contributed by atoms with Crippen molar-refractivity contribution in [1.82, 2.24) is 29.9 Å². The highest BCUT2D eigenvalue weighted by Crippen LogP contribution is 2.27. The van der Waals surface area contributed by atoms with Crippen LogP contribution in [0, 0.1) is 11.3 Å². The summed E-state index contributed by atoms with van der Waals surface area (Å²) in [7, 11) is 0. The van der Waals surface area contributed by atoms with Crippen molar-refractivity contribution in [3.8, 4) is 28.6 Å². The van der Waals surface area contributed by atoms with Gasteiger partial charge in [-0.05, 0) is 69.3 Å². The molecule has 1 aromatic carbocycles. The SMILES string of the molecule is C[C@@H](c1cccc(Cn2cc(-c3cc(N)nc(-c4cccc(C#N)c4)c3)nn2)n1)N1CCCCC1. The van der Waals surface area contributed by atoms with Crippen LogP contribution < -0.4 is 5.73 Å². The van der Waals surface area contributed by atoms with Gasteiger partial charge in [0.15, 0.2) is 0 Å². The van der Waals surface area contributed by atoms with Gasteiger partial charge in [0.2, 0.25) is 0 Å². The number of likely N-dealkylation sites (tertiary alicyclic amines) is 1. The lowest BCUT2D eigenvalue weighted by molar-refractivity contribution is 0.172. The van der Waals surface area contributed by atoms with E-state index < -0.39 is 0 Å². The van der Waals surface area contributed by atoms with Crippen molar-refractivity contribution >= 4 is 5.82 Å². The first-order valence-corrected chi connectivity index (χ1v) is 12.0. The van der Waals surface area contributed by atoms with Crippen LogP contribution in [0.1, 0.15) is 49.2 Å². The Morgan fingerprint density at radius 1 is 0.971 bits per heavy atom. The number of anilines is 1. The number of pyridine rings is 2. The average molecular weight is 465 g/mol. The molecule has 176 valence electrons. The Kier molecular flexibility index (Phi) is 6.51. The third-order valence-electron chi connectivity index (χ3n) is 6.49. The molecule has 1 atom stereocenters. The number of nitrogens with two attached hydrogens (primary N) is 1. The lowest BCUT2D eigenvalue weighted by atomic mass is 10.1. The number of hydrogen-bond donors (Lipinski definition) is 1. The van der Waals surface area contributed by atoms with Crippen molar-refractivity contribution < 1.29 is 0 Å². The average Bonchev–Trinajstić information content (AvgIpc) is 3.37. The highest BCUT2D eigenvalue weighted by atomic mass is 15.4. The van der Waals surface area contributed by atoms with Gasteiger partial charge in [0.25, 0.3) is 0 Å². The summed E-state index contributed by atoms with van der Waals surface area (Å²) in [6, 6.07) is 19.7. The van der Waals surface area contributed by atoms with Crippen LogP contribution in [0.4, 0.5) is 5.82 Å². The first-order valence-electron chi connectivity index (χ1n) is 12.0. The van der Waals surface area contributed by atoms with Crippen molar-refractivity contribution in [1.29, 1.82) is 5.26 Å². The molecule has 4 heterocycles. The molecule has 0 saturated carbocycles. The quantitative estimate of drug-likeness (QED) is 0.449. The fourth-order valence-corrected chi connectivity index (χ4v) is 4.58. The highest BCUT2D eigenvalue weighted by molar-refractivity contribution is 5.71. The van der Waals surface area contributed by atoms with E-state index in [1.165, 1.54) is 19.3 Å². The summed E-state index contributed by atoms with van der Waals surface area (Å²) in [6.45, 7) is 5.04. The second-order valence-electron chi connectivity index (χ2n) is 8.99. The number of rotatable bonds is 6. The Morgan fingerprint density at radius 3 is 2.63 bits per heavy atom. The molecule has 5 rings (SSSR count). The fourth-order valence-electron chi connectivity index (χ4n) is 4.58. The van der Waals surface area contributed by atoms with Crippen molar-refractivity contribution in [3.63, 3.8) is 0 Å². The van der Waals surface area contributed by atoms with Gasteiger partial charge >= 0.3 is 0 Å². The molecule has 35 heavy (non-hydrogen) atoms. The van der Waals surface area contributed by atoms with Crippen LogP contribution in [0.3, 0.4) is 0 Å². The molecule has 8 heteroatoms. The van der Waals surface area contributed by atoms with Crippen LogP contribution >= 0.6 is 0 Å². The maximum atomic E-state index is 9.21. The number of benzene rings is 1. The zero-order chi connectivity index (χ0) is 24.2. The van der Waals surface area contributed by atoms with Gasteiger partial charge in [-0.25, -0.2) is 9.67 Å². The maximum absolute atomic E-state index is 9.21. The summed E-state index contributed by atoms with van der Waals surface area (Å²) in [4.78, 5) is 11.9. The molecule has 1 aliphatic rings. The standard InChI is InChI=1S/C27H28N8/c1-19(34-11-3-2-4-12-34)24-10-6-9-23(30-24)17-35-18-26(32-33-35)22-14-25(31-27(29)15-22)21-8-5-7-20(13-21)16-28/h5-10,13-15,18-19H,2-4,11-12,17H2,1H3,(H2,29,31)/t19-/m0/s1. The molecule has 3 aromatic heterocycles. The molecule has 0 radical (unpaired) electrons. The van der Waals surface area contributed by atoms with Crippen molar-refractivity contribution in [2.75, 3.05) is 18.8 Å². The molecule has 0 amide bonds. The smallest absolute Gasteiger partial charge is 0.124 e. The summed E-state index contributed by atoms with van der Waals surface area (Å²) < 4.78 is 1.79. The van der Waals surface area contributed by atoms with E-state index in [0.717, 1.165) is 35.6 Å². The van der Waals surface area contributed by atoms with Crippen molar-refractivity contribution in [2.45, 2.75) is 38.8 Å². The summed E-state index contributed by atoms with van der Waals surface area (Å²) in [5, 5.41) is 17.9. The van der Waals surface area contributed by atoms with Crippen LogP contribution in [0.2, 0.25) is 0 Å². The molecule has 0 spiro atoms. The number of aromatic nitrogens is 5. The monoisotopic (exact) mass is 464 g/mol. The van der Waals surface area contributed by atoms with Crippen LogP contribution in [-0.2, 0) is 6.54 Å².